The highest BCUT2D eigenvalue weighted by molar-refractivity contribution is 14.0. The quantitative estimate of drug-likeness (QED) is 0.365. The molecule has 0 fully saturated rings. The molecule has 0 aromatic heterocycles. The fourth-order valence-corrected chi connectivity index (χ4v) is 1.86. The Morgan fingerprint density at radius 3 is 2.59 bits per heavy atom. The van der Waals surface area contributed by atoms with Crippen LogP contribution in [-0.2, 0) is 11.3 Å². The van der Waals surface area contributed by atoms with E-state index in [1.807, 2.05) is 26.8 Å². The van der Waals surface area contributed by atoms with Crippen LogP contribution in [0.15, 0.2) is 27.7 Å². The molecule has 0 aliphatic rings. The number of ether oxygens (including phenoxy) is 1. The molecule has 0 amide bonds. The van der Waals surface area contributed by atoms with E-state index in [0.717, 1.165) is 11.0 Å². The number of guanidine groups is 1. The van der Waals surface area contributed by atoms with Gasteiger partial charge in [0.1, 0.15) is 5.82 Å². The SMILES string of the molecule is CCNC(=NCc1ccc(Br)cc1F)NCC(C)(C)OC.I. The molecule has 7 heteroatoms. The van der Waals surface area contributed by atoms with Crippen molar-refractivity contribution in [2.75, 3.05) is 20.2 Å². The van der Waals surface area contributed by atoms with Crippen molar-refractivity contribution < 1.29 is 9.13 Å². The lowest BCUT2D eigenvalue weighted by molar-refractivity contribution is 0.0268. The van der Waals surface area contributed by atoms with Gasteiger partial charge in [-0.15, -0.1) is 24.0 Å². The van der Waals surface area contributed by atoms with Crippen LogP contribution in [0.25, 0.3) is 0 Å². The van der Waals surface area contributed by atoms with Crippen LogP contribution in [0, 0.1) is 5.82 Å². The molecule has 22 heavy (non-hydrogen) atoms. The molecule has 0 radical (unpaired) electrons. The number of aliphatic imine (C=N–C) groups is 1. The summed E-state index contributed by atoms with van der Waals surface area (Å²) in [5, 5.41) is 6.33. The Morgan fingerprint density at radius 2 is 2.05 bits per heavy atom. The number of hydrogen-bond acceptors (Lipinski definition) is 2. The minimum atomic E-state index is -0.293. The molecule has 1 rings (SSSR count). The van der Waals surface area contributed by atoms with Crippen LogP contribution < -0.4 is 10.6 Å². The van der Waals surface area contributed by atoms with Gasteiger partial charge < -0.3 is 15.4 Å². The first kappa shape index (κ1) is 21.6. The molecule has 0 aliphatic carbocycles. The summed E-state index contributed by atoms with van der Waals surface area (Å²) in [6.07, 6.45) is 0. The number of nitrogens with one attached hydrogen (secondary N) is 2. The maximum Gasteiger partial charge on any atom is 0.191 e. The number of halogens is 3. The molecule has 0 saturated carbocycles. The van der Waals surface area contributed by atoms with Crippen molar-refractivity contribution in [1.29, 1.82) is 0 Å². The maximum absolute atomic E-state index is 13.8. The third-order valence-electron chi connectivity index (χ3n) is 3.00. The molecule has 1 aromatic carbocycles. The van der Waals surface area contributed by atoms with Crippen molar-refractivity contribution in [3.8, 4) is 0 Å². The minimum Gasteiger partial charge on any atom is -0.377 e. The van der Waals surface area contributed by atoms with Crippen LogP contribution in [0.1, 0.15) is 26.3 Å². The Bertz CT molecular complexity index is 498. The van der Waals surface area contributed by atoms with E-state index in [1.54, 1.807) is 13.2 Å². The van der Waals surface area contributed by atoms with Crippen molar-refractivity contribution in [2.24, 2.45) is 4.99 Å². The molecule has 0 atom stereocenters. The topological polar surface area (TPSA) is 45.7 Å². The van der Waals surface area contributed by atoms with Gasteiger partial charge in [-0.1, -0.05) is 22.0 Å². The van der Waals surface area contributed by atoms with Crippen LogP contribution in [0.4, 0.5) is 4.39 Å². The maximum atomic E-state index is 13.8. The molecule has 0 spiro atoms. The van der Waals surface area contributed by atoms with Crippen molar-refractivity contribution in [3.63, 3.8) is 0 Å². The van der Waals surface area contributed by atoms with Gasteiger partial charge in [-0.3, -0.25) is 0 Å². The van der Waals surface area contributed by atoms with E-state index in [1.165, 1.54) is 6.07 Å². The summed E-state index contributed by atoms with van der Waals surface area (Å²) in [6, 6.07) is 4.98. The lowest BCUT2D eigenvalue weighted by Gasteiger charge is -2.24. The Kier molecular flexibility index (Phi) is 10.2. The van der Waals surface area contributed by atoms with Gasteiger partial charge >= 0.3 is 0 Å². The summed E-state index contributed by atoms with van der Waals surface area (Å²) >= 11 is 3.24. The molecule has 1 aromatic rings. The highest BCUT2D eigenvalue weighted by Crippen LogP contribution is 2.15. The van der Waals surface area contributed by atoms with Gasteiger partial charge in [0.2, 0.25) is 0 Å². The number of hydrogen-bond donors (Lipinski definition) is 2. The van der Waals surface area contributed by atoms with E-state index in [0.29, 0.717) is 18.1 Å². The van der Waals surface area contributed by atoms with Gasteiger partial charge in [-0.25, -0.2) is 9.38 Å². The molecule has 126 valence electrons. The van der Waals surface area contributed by atoms with Gasteiger partial charge in [-0.2, -0.15) is 0 Å². The predicted octanol–water partition coefficient (Wildman–Crippen LogP) is 3.69. The standard InChI is InChI=1S/C15H23BrFN3O.HI/c1-5-18-14(20-10-15(2,3)21-4)19-9-11-6-7-12(16)8-13(11)17;/h6-8H,5,9-10H2,1-4H3,(H2,18,19,20);1H. The molecule has 0 aliphatic heterocycles. The van der Waals surface area contributed by atoms with Crippen molar-refractivity contribution in [2.45, 2.75) is 32.9 Å². The van der Waals surface area contributed by atoms with Gasteiger partial charge in [0.25, 0.3) is 0 Å². The summed E-state index contributed by atoms with van der Waals surface area (Å²) < 4.78 is 19.8. The van der Waals surface area contributed by atoms with Crippen molar-refractivity contribution in [3.05, 3.63) is 34.1 Å². The third kappa shape index (κ3) is 7.73. The summed E-state index contributed by atoms with van der Waals surface area (Å²) in [6.45, 7) is 7.58. The predicted molar refractivity (Wildman–Crippen MR) is 103 cm³/mol. The first-order valence-corrected chi connectivity index (χ1v) is 7.68. The Balaban J connectivity index is 0.00000441. The monoisotopic (exact) mass is 487 g/mol. The number of benzene rings is 1. The summed E-state index contributed by atoms with van der Waals surface area (Å²) in [4.78, 5) is 4.40. The lowest BCUT2D eigenvalue weighted by atomic mass is 10.1. The molecule has 4 nitrogen and oxygen atoms in total. The van der Waals surface area contributed by atoms with Gasteiger partial charge in [-0.05, 0) is 32.9 Å². The Morgan fingerprint density at radius 1 is 1.36 bits per heavy atom. The van der Waals surface area contributed by atoms with Gasteiger partial charge in [0.05, 0.1) is 12.1 Å². The smallest absolute Gasteiger partial charge is 0.191 e. The third-order valence-corrected chi connectivity index (χ3v) is 3.49. The van der Waals surface area contributed by atoms with Gasteiger partial charge in [0.15, 0.2) is 5.96 Å². The number of nitrogens with zero attached hydrogens (tertiary/aromatic N) is 1. The zero-order valence-corrected chi connectivity index (χ0v) is 17.3. The van der Waals surface area contributed by atoms with E-state index in [2.05, 4.69) is 31.6 Å². The van der Waals surface area contributed by atoms with Crippen molar-refractivity contribution >= 4 is 45.9 Å². The van der Waals surface area contributed by atoms with Gasteiger partial charge in [0, 0.05) is 30.2 Å². The zero-order valence-electron chi connectivity index (χ0n) is 13.4. The second-order valence-corrected chi connectivity index (χ2v) is 6.16. The van der Waals surface area contributed by atoms with E-state index in [9.17, 15) is 4.39 Å². The molecular formula is C15H24BrFIN3O. The van der Waals surface area contributed by atoms with Crippen LogP contribution in [0.2, 0.25) is 0 Å². The average Bonchev–Trinajstić information content (AvgIpc) is 2.43. The molecular weight excluding hydrogens is 464 g/mol. The molecule has 0 saturated heterocycles. The highest BCUT2D eigenvalue weighted by atomic mass is 127. The molecule has 0 unspecified atom stereocenters. The van der Waals surface area contributed by atoms with E-state index >= 15 is 0 Å². The zero-order chi connectivity index (χ0) is 15.9. The largest absolute Gasteiger partial charge is 0.377 e. The Hall–Kier alpha value is -0.410. The number of rotatable bonds is 6. The first-order chi connectivity index (χ1) is 9.88. The van der Waals surface area contributed by atoms with E-state index in [-0.39, 0.29) is 41.9 Å². The fourth-order valence-electron chi connectivity index (χ4n) is 1.52. The molecule has 0 bridgehead atoms. The van der Waals surface area contributed by atoms with Crippen LogP contribution in [0.3, 0.4) is 0 Å². The summed E-state index contributed by atoms with van der Waals surface area (Å²) in [5.74, 6) is 0.381. The van der Waals surface area contributed by atoms with E-state index in [4.69, 9.17) is 4.74 Å². The second kappa shape index (κ2) is 10.4. The summed E-state index contributed by atoms with van der Waals surface area (Å²) in [7, 11) is 1.67. The van der Waals surface area contributed by atoms with E-state index < -0.39 is 0 Å². The van der Waals surface area contributed by atoms with Crippen molar-refractivity contribution in [1.82, 2.24) is 10.6 Å². The van der Waals surface area contributed by atoms with Crippen LogP contribution >= 0.6 is 39.9 Å². The molecule has 2 N–H and O–H groups in total. The lowest BCUT2D eigenvalue weighted by Crippen LogP contribution is -2.45. The first-order valence-electron chi connectivity index (χ1n) is 6.89. The Labute approximate surface area is 157 Å². The molecule has 0 heterocycles. The minimum absolute atomic E-state index is 0. The van der Waals surface area contributed by atoms with Crippen LogP contribution in [0.5, 0.6) is 0 Å². The normalized spacial score (nSPS) is 11.8. The second-order valence-electron chi connectivity index (χ2n) is 5.25. The van der Waals surface area contributed by atoms with Crippen LogP contribution in [-0.4, -0.2) is 31.8 Å². The summed E-state index contributed by atoms with van der Waals surface area (Å²) in [5.41, 5.74) is 0.264. The highest BCUT2D eigenvalue weighted by Gasteiger charge is 2.16. The fraction of sp³-hybridized carbons (Fsp3) is 0.533. The number of methoxy groups -OCH3 is 1. The average molecular weight is 488 g/mol.